The summed E-state index contributed by atoms with van der Waals surface area (Å²) in [6, 6.07) is 3.40. The Labute approximate surface area is 143 Å². The lowest BCUT2D eigenvalue weighted by molar-refractivity contribution is -0.141. The number of nitrogens with zero attached hydrogens (tertiary/aromatic N) is 2. The number of allylic oxidation sites excluding steroid dienone is 2. The number of carbonyl (C=O) groups is 3. The van der Waals surface area contributed by atoms with Crippen LogP contribution < -0.4 is 0 Å². The number of hydrogen-bond acceptors (Lipinski definition) is 9. The van der Waals surface area contributed by atoms with Crippen LogP contribution in [0.4, 0.5) is 0 Å². The van der Waals surface area contributed by atoms with Gasteiger partial charge in [0.1, 0.15) is 17.2 Å². The Kier molecular flexibility index (Phi) is 9.34. The van der Waals surface area contributed by atoms with Crippen molar-refractivity contribution in [2.75, 3.05) is 21.3 Å². The van der Waals surface area contributed by atoms with E-state index >= 15 is 0 Å². The molecule has 0 aliphatic rings. The van der Waals surface area contributed by atoms with Crippen molar-refractivity contribution in [3.8, 4) is 12.1 Å². The second-order valence-corrected chi connectivity index (χ2v) is 4.30. The molecular formula is C16H15N3O6. The third-order valence-corrected chi connectivity index (χ3v) is 2.84. The molecule has 0 aliphatic carbocycles. The van der Waals surface area contributed by atoms with E-state index in [1.54, 1.807) is 6.07 Å². The first-order chi connectivity index (χ1) is 11.9. The summed E-state index contributed by atoms with van der Waals surface area (Å²) >= 11 is 0. The standard InChI is InChI=1S/C16H15N3O6/c1-23-14(20)6-11(7-17)10(4-12(8-18)15(21)24-2)5-13(9-19)16(22)25-3/h4-5,11,18H,6H2,1-3H3/b10-4-,13-5-. The highest BCUT2D eigenvalue weighted by Gasteiger charge is 2.21. The Morgan fingerprint density at radius 2 is 1.64 bits per heavy atom. The van der Waals surface area contributed by atoms with Crippen LogP contribution in [0.1, 0.15) is 6.42 Å². The molecule has 0 aromatic heterocycles. The molecule has 1 N–H and O–H groups in total. The molecule has 0 saturated heterocycles. The van der Waals surface area contributed by atoms with Crippen molar-refractivity contribution < 1.29 is 28.6 Å². The van der Waals surface area contributed by atoms with Crippen LogP contribution in [-0.2, 0) is 28.6 Å². The monoisotopic (exact) mass is 345 g/mol. The minimum atomic E-state index is -1.16. The molecule has 1 atom stereocenters. The Morgan fingerprint density at radius 3 is 2.04 bits per heavy atom. The number of esters is 3. The van der Waals surface area contributed by atoms with Crippen LogP contribution in [-0.4, -0.2) is 45.1 Å². The van der Waals surface area contributed by atoms with E-state index in [2.05, 4.69) is 14.2 Å². The van der Waals surface area contributed by atoms with Crippen molar-refractivity contribution in [2.24, 2.45) is 5.92 Å². The number of nitriles is 2. The topological polar surface area (TPSA) is 150 Å². The van der Waals surface area contributed by atoms with Gasteiger partial charge in [0.05, 0.1) is 39.7 Å². The van der Waals surface area contributed by atoms with Crippen molar-refractivity contribution in [3.63, 3.8) is 0 Å². The largest absolute Gasteiger partial charge is 0.469 e. The van der Waals surface area contributed by atoms with Crippen LogP contribution in [0.3, 0.4) is 0 Å². The molecule has 1 unspecified atom stereocenters. The summed E-state index contributed by atoms with van der Waals surface area (Å²) in [4.78, 5) is 34.6. The van der Waals surface area contributed by atoms with E-state index in [0.717, 1.165) is 33.5 Å². The maximum Gasteiger partial charge on any atom is 0.348 e. The quantitative estimate of drug-likeness (QED) is 0.176. The fourth-order valence-electron chi connectivity index (χ4n) is 1.57. The van der Waals surface area contributed by atoms with Crippen LogP contribution >= 0.6 is 0 Å². The highest BCUT2D eigenvalue weighted by Crippen LogP contribution is 2.21. The molecule has 0 bridgehead atoms. The van der Waals surface area contributed by atoms with Crippen LogP contribution in [0.15, 0.2) is 28.9 Å². The Balaban J connectivity index is 6.27. The van der Waals surface area contributed by atoms with Crippen molar-refractivity contribution >= 4 is 23.8 Å². The maximum absolute atomic E-state index is 11.6. The number of ether oxygens (including phenoxy) is 3. The first-order valence-electron chi connectivity index (χ1n) is 6.64. The lowest BCUT2D eigenvalue weighted by Crippen LogP contribution is -2.13. The van der Waals surface area contributed by atoms with E-state index in [0.29, 0.717) is 0 Å². The van der Waals surface area contributed by atoms with Crippen molar-refractivity contribution in [3.05, 3.63) is 28.9 Å². The van der Waals surface area contributed by atoms with E-state index in [9.17, 15) is 19.6 Å². The zero-order valence-electron chi connectivity index (χ0n) is 13.8. The third-order valence-electron chi connectivity index (χ3n) is 2.84. The summed E-state index contributed by atoms with van der Waals surface area (Å²) in [5.74, 6) is -1.95. The number of carbonyl (C=O) groups excluding carboxylic acids is 3. The zero-order valence-corrected chi connectivity index (χ0v) is 13.8. The first kappa shape index (κ1) is 21.3. The number of rotatable bonds is 7. The molecule has 0 radical (unpaired) electrons. The van der Waals surface area contributed by atoms with E-state index in [1.807, 2.05) is 11.9 Å². The number of methoxy groups -OCH3 is 3. The van der Waals surface area contributed by atoms with Crippen molar-refractivity contribution in [1.82, 2.24) is 0 Å². The second-order valence-electron chi connectivity index (χ2n) is 4.30. The van der Waals surface area contributed by atoms with Gasteiger partial charge in [-0.05, 0) is 23.6 Å². The summed E-state index contributed by atoms with van der Waals surface area (Å²) in [6.07, 6.45) is 1.61. The van der Waals surface area contributed by atoms with E-state index < -0.39 is 35.8 Å². The summed E-state index contributed by atoms with van der Waals surface area (Å²) in [5, 5.41) is 25.4. The second kappa shape index (κ2) is 10.9. The molecule has 0 aromatic carbocycles. The zero-order chi connectivity index (χ0) is 19.4. The predicted octanol–water partition coefficient (Wildman–Crippen LogP) is 0.587. The molecule has 9 heteroatoms. The van der Waals surface area contributed by atoms with Gasteiger partial charge in [0, 0.05) is 0 Å². The summed E-state index contributed by atoms with van der Waals surface area (Å²) in [6.45, 7) is 0. The van der Waals surface area contributed by atoms with Gasteiger partial charge in [-0.1, -0.05) is 0 Å². The SMILES string of the molecule is COC(=O)CC(C#N)C(/C=C(/C#N)C(=O)OC)=C\C(=C=N)C(=O)OC. The Bertz CT molecular complexity index is 745. The third kappa shape index (κ3) is 6.53. The van der Waals surface area contributed by atoms with Gasteiger partial charge < -0.3 is 14.2 Å². The van der Waals surface area contributed by atoms with Crippen LogP contribution in [0, 0.1) is 34.0 Å². The fraction of sp³-hybridized carbons (Fsp3) is 0.312. The lowest BCUT2D eigenvalue weighted by atomic mass is 9.93. The Morgan fingerprint density at radius 1 is 1.04 bits per heavy atom. The summed E-state index contributed by atoms with van der Waals surface area (Å²) < 4.78 is 13.4. The van der Waals surface area contributed by atoms with Gasteiger partial charge in [-0.25, -0.2) is 9.59 Å². The van der Waals surface area contributed by atoms with E-state index in [1.165, 1.54) is 0 Å². The van der Waals surface area contributed by atoms with Gasteiger partial charge in [0.25, 0.3) is 0 Å². The molecule has 0 fully saturated rings. The minimum Gasteiger partial charge on any atom is -0.469 e. The average Bonchev–Trinajstić information content (AvgIpc) is 2.65. The molecule has 0 aliphatic heterocycles. The molecule has 130 valence electrons. The van der Waals surface area contributed by atoms with E-state index in [4.69, 9.17) is 10.7 Å². The van der Waals surface area contributed by atoms with E-state index in [-0.39, 0.29) is 11.1 Å². The van der Waals surface area contributed by atoms with Gasteiger partial charge in [0.15, 0.2) is 0 Å². The molecule has 0 aromatic rings. The number of nitrogens with one attached hydrogen (secondary N) is 1. The smallest absolute Gasteiger partial charge is 0.348 e. The van der Waals surface area contributed by atoms with Crippen molar-refractivity contribution in [1.29, 1.82) is 15.9 Å². The first-order valence-corrected chi connectivity index (χ1v) is 6.64. The molecule has 0 rings (SSSR count). The molecule has 0 amide bonds. The van der Waals surface area contributed by atoms with Gasteiger partial charge in [-0.2, -0.15) is 10.5 Å². The van der Waals surface area contributed by atoms with Gasteiger partial charge in [-0.3, -0.25) is 10.2 Å². The van der Waals surface area contributed by atoms with Gasteiger partial charge in [0.2, 0.25) is 0 Å². The van der Waals surface area contributed by atoms with Gasteiger partial charge >= 0.3 is 17.9 Å². The molecule has 0 heterocycles. The minimum absolute atomic E-state index is 0.0602. The molecule has 0 spiro atoms. The summed E-state index contributed by atoms with van der Waals surface area (Å²) in [5.41, 5.74) is -0.899. The fourth-order valence-corrected chi connectivity index (χ4v) is 1.57. The Hall–Kier alpha value is -3.68. The number of hydrogen-bond donors (Lipinski definition) is 1. The lowest BCUT2D eigenvalue weighted by Gasteiger charge is -2.10. The van der Waals surface area contributed by atoms with Crippen LogP contribution in [0.2, 0.25) is 0 Å². The normalized spacial score (nSPS) is 11.9. The highest BCUT2D eigenvalue weighted by molar-refractivity contribution is 6.00. The average molecular weight is 345 g/mol. The van der Waals surface area contributed by atoms with Crippen LogP contribution in [0.5, 0.6) is 0 Å². The molecule has 25 heavy (non-hydrogen) atoms. The van der Waals surface area contributed by atoms with Crippen LogP contribution in [0.25, 0.3) is 0 Å². The maximum atomic E-state index is 11.6. The molecule has 0 saturated carbocycles. The van der Waals surface area contributed by atoms with Crippen molar-refractivity contribution in [2.45, 2.75) is 6.42 Å². The van der Waals surface area contributed by atoms with Gasteiger partial charge in [-0.15, -0.1) is 0 Å². The molecular weight excluding hydrogens is 330 g/mol. The highest BCUT2D eigenvalue weighted by atomic mass is 16.5. The molecule has 9 nitrogen and oxygen atoms in total. The summed E-state index contributed by atoms with van der Waals surface area (Å²) in [7, 11) is 3.27. The predicted molar refractivity (Wildman–Crippen MR) is 82.8 cm³/mol.